The molecule has 0 fully saturated rings. The lowest BCUT2D eigenvalue weighted by Gasteiger charge is -2.24. The van der Waals surface area contributed by atoms with Gasteiger partial charge in [-0.2, -0.15) is 0 Å². The van der Waals surface area contributed by atoms with Gasteiger partial charge in [0.05, 0.1) is 11.4 Å². The molecule has 106 valence electrons. The van der Waals surface area contributed by atoms with E-state index in [0.29, 0.717) is 6.54 Å². The first-order valence-electron chi connectivity index (χ1n) is 7.24. The number of nitrogens with zero attached hydrogens (tertiary/aromatic N) is 2. The van der Waals surface area contributed by atoms with Crippen LogP contribution in [0, 0.1) is 0 Å². The maximum absolute atomic E-state index is 5.71. The minimum absolute atomic E-state index is 0.459. The molecule has 0 aliphatic heterocycles. The molecule has 0 aliphatic carbocycles. The topological polar surface area (TPSA) is 42.1 Å². The summed E-state index contributed by atoms with van der Waals surface area (Å²) in [4.78, 5) is 6.87. The van der Waals surface area contributed by atoms with Crippen LogP contribution >= 0.6 is 0 Å². The van der Waals surface area contributed by atoms with E-state index in [4.69, 9.17) is 5.73 Å². The Labute approximate surface area is 125 Å². The van der Waals surface area contributed by atoms with Crippen LogP contribution in [0.3, 0.4) is 0 Å². The summed E-state index contributed by atoms with van der Waals surface area (Å²) in [5, 5.41) is 2.48. The lowest BCUT2D eigenvalue weighted by atomic mass is 10.1. The van der Waals surface area contributed by atoms with Crippen LogP contribution in [0.1, 0.15) is 12.6 Å². The summed E-state index contributed by atoms with van der Waals surface area (Å²) in [5.74, 6) is 0.941. The first-order valence-corrected chi connectivity index (χ1v) is 7.24. The number of hydrogen-bond donors (Lipinski definition) is 1. The van der Waals surface area contributed by atoms with Crippen molar-refractivity contribution < 1.29 is 0 Å². The molecule has 1 heterocycles. The third kappa shape index (κ3) is 2.60. The van der Waals surface area contributed by atoms with Crippen molar-refractivity contribution in [2.75, 3.05) is 11.4 Å². The number of fused-ring (bicyclic) bond motifs is 1. The predicted octanol–water partition coefficient (Wildman–Crippen LogP) is 3.85. The summed E-state index contributed by atoms with van der Waals surface area (Å²) >= 11 is 0. The van der Waals surface area contributed by atoms with E-state index in [9.17, 15) is 0 Å². The summed E-state index contributed by atoms with van der Waals surface area (Å²) in [7, 11) is 0. The van der Waals surface area contributed by atoms with E-state index < -0.39 is 0 Å². The fraction of sp³-hybridized carbons (Fsp3) is 0.167. The number of rotatable bonds is 4. The predicted molar refractivity (Wildman–Crippen MR) is 88.8 cm³/mol. The molecule has 3 rings (SSSR count). The molecule has 0 spiro atoms. The zero-order valence-corrected chi connectivity index (χ0v) is 12.2. The third-order valence-corrected chi connectivity index (χ3v) is 3.65. The highest BCUT2D eigenvalue weighted by Gasteiger charge is 2.11. The normalized spacial score (nSPS) is 10.8. The number of hydrogen-bond acceptors (Lipinski definition) is 3. The Morgan fingerprint density at radius 2 is 1.71 bits per heavy atom. The molecular weight excluding hydrogens is 258 g/mol. The summed E-state index contributed by atoms with van der Waals surface area (Å²) in [6, 6.07) is 20.8. The summed E-state index contributed by atoms with van der Waals surface area (Å²) < 4.78 is 0. The van der Waals surface area contributed by atoms with Crippen molar-refractivity contribution in [3.8, 4) is 0 Å². The molecule has 0 amide bonds. The van der Waals surface area contributed by atoms with Gasteiger partial charge in [0.15, 0.2) is 0 Å². The van der Waals surface area contributed by atoms with Crippen LogP contribution in [0.4, 0.5) is 11.5 Å². The Morgan fingerprint density at radius 1 is 0.952 bits per heavy atom. The monoisotopic (exact) mass is 277 g/mol. The number of aromatic nitrogens is 1. The second-order valence-corrected chi connectivity index (χ2v) is 4.93. The van der Waals surface area contributed by atoms with Gasteiger partial charge in [0, 0.05) is 18.5 Å². The largest absolute Gasteiger partial charge is 0.326 e. The highest BCUT2D eigenvalue weighted by Crippen LogP contribution is 2.31. The molecule has 0 saturated carbocycles. The van der Waals surface area contributed by atoms with Crippen molar-refractivity contribution in [2.24, 2.45) is 5.73 Å². The SMILES string of the molecule is CCN(c1cccc(CN)n1)c1cccc2ccccc12. The molecule has 0 radical (unpaired) electrons. The Kier molecular flexibility index (Phi) is 3.84. The summed E-state index contributed by atoms with van der Waals surface area (Å²) in [5.41, 5.74) is 7.80. The highest BCUT2D eigenvalue weighted by molar-refractivity contribution is 5.95. The fourth-order valence-electron chi connectivity index (χ4n) is 2.63. The molecule has 0 atom stereocenters. The Balaban J connectivity index is 2.13. The molecule has 0 unspecified atom stereocenters. The third-order valence-electron chi connectivity index (χ3n) is 3.65. The van der Waals surface area contributed by atoms with E-state index in [2.05, 4.69) is 59.3 Å². The molecule has 3 heteroatoms. The van der Waals surface area contributed by atoms with Gasteiger partial charge in [-0.25, -0.2) is 4.98 Å². The van der Waals surface area contributed by atoms with Crippen LogP contribution in [0.2, 0.25) is 0 Å². The summed E-state index contributed by atoms with van der Waals surface area (Å²) in [6.45, 7) is 3.45. The molecule has 3 aromatic rings. The lowest BCUT2D eigenvalue weighted by Crippen LogP contribution is -2.18. The standard InChI is InChI=1S/C18H19N3/c1-2-21(18-12-6-9-15(13-19)20-18)17-11-5-8-14-7-3-4-10-16(14)17/h3-12H,2,13,19H2,1H3. The van der Waals surface area contributed by atoms with Gasteiger partial charge < -0.3 is 10.6 Å². The van der Waals surface area contributed by atoms with Crippen molar-refractivity contribution >= 4 is 22.3 Å². The molecule has 0 aliphatic rings. The average Bonchev–Trinajstić information content (AvgIpc) is 2.56. The number of pyridine rings is 1. The molecule has 3 nitrogen and oxygen atoms in total. The van der Waals surface area contributed by atoms with Crippen molar-refractivity contribution in [3.63, 3.8) is 0 Å². The quantitative estimate of drug-likeness (QED) is 0.787. The first kappa shape index (κ1) is 13.6. The van der Waals surface area contributed by atoms with E-state index in [1.54, 1.807) is 0 Å². The Bertz CT molecular complexity index is 747. The average molecular weight is 277 g/mol. The maximum atomic E-state index is 5.71. The van der Waals surface area contributed by atoms with Crippen LogP contribution in [-0.4, -0.2) is 11.5 Å². The van der Waals surface area contributed by atoms with Gasteiger partial charge in [-0.15, -0.1) is 0 Å². The van der Waals surface area contributed by atoms with Gasteiger partial charge in [0.1, 0.15) is 5.82 Å². The van der Waals surface area contributed by atoms with Gasteiger partial charge in [-0.05, 0) is 30.5 Å². The molecule has 1 aromatic heterocycles. The molecule has 2 aromatic carbocycles. The minimum atomic E-state index is 0.459. The van der Waals surface area contributed by atoms with Gasteiger partial charge in [-0.3, -0.25) is 0 Å². The first-order chi connectivity index (χ1) is 10.3. The van der Waals surface area contributed by atoms with E-state index in [-0.39, 0.29) is 0 Å². The number of anilines is 2. The van der Waals surface area contributed by atoms with Crippen molar-refractivity contribution in [1.29, 1.82) is 0 Å². The van der Waals surface area contributed by atoms with Gasteiger partial charge in [-0.1, -0.05) is 42.5 Å². The molecule has 0 bridgehead atoms. The van der Waals surface area contributed by atoms with Gasteiger partial charge in [0.25, 0.3) is 0 Å². The minimum Gasteiger partial charge on any atom is -0.326 e. The second kappa shape index (κ2) is 5.94. The molecule has 2 N–H and O–H groups in total. The van der Waals surface area contributed by atoms with Crippen LogP contribution in [0.5, 0.6) is 0 Å². The van der Waals surface area contributed by atoms with Crippen LogP contribution in [0.25, 0.3) is 10.8 Å². The van der Waals surface area contributed by atoms with Crippen LogP contribution < -0.4 is 10.6 Å². The molecule has 21 heavy (non-hydrogen) atoms. The van der Waals surface area contributed by atoms with Crippen molar-refractivity contribution in [3.05, 3.63) is 66.4 Å². The number of benzene rings is 2. The fourth-order valence-corrected chi connectivity index (χ4v) is 2.63. The second-order valence-electron chi connectivity index (χ2n) is 4.93. The van der Waals surface area contributed by atoms with Crippen molar-refractivity contribution in [1.82, 2.24) is 4.98 Å². The van der Waals surface area contributed by atoms with E-state index in [0.717, 1.165) is 18.1 Å². The van der Waals surface area contributed by atoms with E-state index in [1.807, 2.05) is 18.2 Å². The van der Waals surface area contributed by atoms with Gasteiger partial charge in [0.2, 0.25) is 0 Å². The Hall–Kier alpha value is -2.39. The zero-order chi connectivity index (χ0) is 14.7. The van der Waals surface area contributed by atoms with E-state index >= 15 is 0 Å². The van der Waals surface area contributed by atoms with Crippen LogP contribution in [0.15, 0.2) is 60.7 Å². The number of nitrogens with two attached hydrogens (primary N) is 1. The molecule has 0 saturated heterocycles. The smallest absolute Gasteiger partial charge is 0.133 e. The highest BCUT2D eigenvalue weighted by atomic mass is 15.2. The van der Waals surface area contributed by atoms with E-state index in [1.165, 1.54) is 16.5 Å². The lowest BCUT2D eigenvalue weighted by molar-refractivity contribution is 0.941. The van der Waals surface area contributed by atoms with Gasteiger partial charge >= 0.3 is 0 Å². The zero-order valence-electron chi connectivity index (χ0n) is 12.2. The molecular formula is C18H19N3. The summed E-state index contributed by atoms with van der Waals surface area (Å²) in [6.07, 6.45) is 0. The van der Waals surface area contributed by atoms with Crippen molar-refractivity contribution in [2.45, 2.75) is 13.5 Å². The van der Waals surface area contributed by atoms with Crippen LogP contribution in [-0.2, 0) is 6.54 Å². The Morgan fingerprint density at radius 3 is 2.52 bits per heavy atom. The maximum Gasteiger partial charge on any atom is 0.133 e.